The summed E-state index contributed by atoms with van der Waals surface area (Å²) in [6.07, 6.45) is -1.19. The SMILES string of the molecule is O=C(N[C@@H](NC(=S)Nc1ccccc1)C(Cl)(Cl)Cl)c1ccccc1F. The third-order valence-corrected chi connectivity index (χ3v) is 3.90. The van der Waals surface area contributed by atoms with Crippen LogP contribution in [0.5, 0.6) is 0 Å². The van der Waals surface area contributed by atoms with Crippen LogP contribution in [0.15, 0.2) is 54.6 Å². The number of para-hydroxylation sites is 1. The highest BCUT2D eigenvalue weighted by molar-refractivity contribution is 7.80. The Morgan fingerprint density at radius 3 is 2.20 bits per heavy atom. The van der Waals surface area contributed by atoms with Crippen LogP contribution in [0.1, 0.15) is 10.4 Å². The molecule has 1 amide bonds. The number of carbonyl (C=O) groups is 1. The lowest BCUT2D eigenvalue weighted by molar-refractivity contribution is 0.0930. The fourth-order valence-corrected chi connectivity index (χ4v) is 2.44. The summed E-state index contributed by atoms with van der Waals surface area (Å²) in [7, 11) is 0. The van der Waals surface area contributed by atoms with Crippen LogP contribution in [0.3, 0.4) is 0 Å². The highest BCUT2D eigenvalue weighted by Crippen LogP contribution is 2.29. The maximum Gasteiger partial charge on any atom is 0.255 e. The number of anilines is 1. The Morgan fingerprint density at radius 1 is 1.00 bits per heavy atom. The topological polar surface area (TPSA) is 53.2 Å². The van der Waals surface area contributed by atoms with E-state index in [1.54, 1.807) is 12.1 Å². The molecule has 4 nitrogen and oxygen atoms in total. The van der Waals surface area contributed by atoms with Crippen LogP contribution in [0.25, 0.3) is 0 Å². The van der Waals surface area contributed by atoms with Gasteiger partial charge in [-0.3, -0.25) is 4.79 Å². The average molecular weight is 421 g/mol. The Bertz CT molecular complexity index is 756. The van der Waals surface area contributed by atoms with Gasteiger partial charge in [0.2, 0.25) is 3.79 Å². The van der Waals surface area contributed by atoms with Gasteiger partial charge in [-0.15, -0.1) is 0 Å². The molecule has 9 heteroatoms. The first kappa shape index (κ1) is 19.7. The van der Waals surface area contributed by atoms with E-state index in [0.717, 1.165) is 6.07 Å². The number of halogens is 4. The summed E-state index contributed by atoms with van der Waals surface area (Å²) in [5.74, 6) is -1.43. The van der Waals surface area contributed by atoms with Gasteiger partial charge in [0, 0.05) is 5.69 Å². The lowest BCUT2D eigenvalue weighted by atomic mass is 10.2. The molecule has 0 radical (unpaired) electrons. The van der Waals surface area contributed by atoms with E-state index in [0.29, 0.717) is 5.69 Å². The van der Waals surface area contributed by atoms with Crippen molar-refractivity contribution >= 4 is 63.7 Å². The van der Waals surface area contributed by atoms with Gasteiger partial charge >= 0.3 is 0 Å². The minimum atomic E-state index is -1.93. The summed E-state index contributed by atoms with van der Waals surface area (Å²) in [4.78, 5) is 12.2. The summed E-state index contributed by atoms with van der Waals surface area (Å²) in [5.41, 5.74) is 0.536. The van der Waals surface area contributed by atoms with Gasteiger partial charge in [0.1, 0.15) is 12.0 Å². The number of hydrogen-bond donors (Lipinski definition) is 3. The molecule has 0 bridgehead atoms. The largest absolute Gasteiger partial charge is 0.339 e. The Hall–Kier alpha value is -1.60. The molecule has 0 heterocycles. The van der Waals surface area contributed by atoms with Crippen LogP contribution in [0.2, 0.25) is 0 Å². The van der Waals surface area contributed by atoms with E-state index in [1.165, 1.54) is 18.2 Å². The lowest BCUT2D eigenvalue weighted by Gasteiger charge is -2.27. The van der Waals surface area contributed by atoms with Gasteiger partial charge in [-0.2, -0.15) is 0 Å². The molecule has 0 aliphatic heterocycles. The van der Waals surface area contributed by atoms with Crippen molar-refractivity contribution in [3.05, 3.63) is 66.0 Å². The van der Waals surface area contributed by atoms with Crippen molar-refractivity contribution in [3.63, 3.8) is 0 Å². The zero-order valence-corrected chi connectivity index (χ0v) is 15.7. The Balaban J connectivity index is 2.08. The molecule has 0 aliphatic rings. The summed E-state index contributed by atoms with van der Waals surface area (Å²) in [6.45, 7) is 0. The van der Waals surface area contributed by atoms with Gasteiger partial charge in [-0.05, 0) is 36.5 Å². The van der Waals surface area contributed by atoms with E-state index in [-0.39, 0.29) is 10.7 Å². The lowest BCUT2D eigenvalue weighted by Crippen LogP contribution is -2.56. The monoisotopic (exact) mass is 419 g/mol. The normalized spacial score (nSPS) is 12.2. The molecule has 0 aliphatic carbocycles. The average Bonchev–Trinajstić information content (AvgIpc) is 2.54. The number of thiocarbonyl (C=S) groups is 1. The van der Waals surface area contributed by atoms with E-state index in [2.05, 4.69) is 16.0 Å². The number of hydrogen-bond acceptors (Lipinski definition) is 2. The quantitative estimate of drug-likeness (QED) is 0.393. The second kappa shape index (κ2) is 8.67. The number of amides is 1. The van der Waals surface area contributed by atoms with Crippen molar-refractivity contribution in [2.75, 3.05) is 5.32 Å². The summed E-state index contributed by atoms with van der Waals surface area (Å²) in [5, 5.41) is 8.12. The first-order valence-corrected chi connectivity index (χ1v) is 8.56. The van der Waals surface area contributed by atoms with Crippen LogP contribution in [-0.2, 0) is 0 Å². The molecule has 2 rings (SSSR count). The van der Waals surface area contributed by atoms with E-state index >= 15 is 0 Å². The predicted molar refractivity (Wildman–Crippen MR) is 104 cm³/mol. The Morgan fingerprint density at radius 2 is 1.60 bits per heavy atom. The molecule has 0 aromatic heterocycles. The molecular weight excluding hydrogens is 408 g/mol. The molecule has 0 spiro atoms. The minimum Gasteiger partial charge on any atom is -0.339 e. The van der Waals surface area contributed by atoms with Crippen molar-refractivity contribution in [1.82, 2.24) is 10.6 Å². The molecule has 132 valence electrons. The molecule has 1 atom stereocenters. The Labute approximate surface area is 164 Å². The van der Waals surface area contributed by atoms with Gasteiger partial charge in [0.15, 0.2) is 5.11 Å². The van der Waals surface area contributed by atoms with Gasteiger partial charge in [0.05, 0.1) is 5.56 Å². The summed E-state index contributed by atoms with van der Waals surface area (Å²) >= 11 is 22.8. The van der Waals surface area contributed by atoms with E-state index < -0.39 is 21.7 Å². The first-order valence-electron chi connectivity index (χ1n) is 7.02. The van der Waals surface area contributed by atoms with Crippen molar-refractivity contribution < 1.29 is 9.18 Å². The van der Waals surface area contributed by atoms with Crippen LogP contribution < -0.4 is 16.0 Å². The van der Waals surface area contributed by atoms with Gasteiger partial charge in [-0.25, -0.2) is 4.39 Å². The van der Waals surface area contributed by atoms with Crippen LogP contribution in [0, 0.1) is 5.82 Å². The summed E-state index contributed by atoms with van der Waals surface area (Å²) in [6, 6.07) is 14.5. The van der Waals surface area contributed by atoms with Gasteiger partial charge in [0.25, 0.3) is 5.91 Å². The predicted octanol–water partition coefficient (Wildman–Crippen LogP) is 4.24. The zero-order valence-electron chi connectivity index (χ0n) is 12.6. The van der Waals surface area contributed by atoms with Crippen molar-refractivity contribution in [2.45, 2.75) is 9.96 Å². The highest BCUT2D eigenvalue weighted by Gasteiger charge is 2.35. The Kier molecular flexibility index (Phi) is 6.84. The third-order valence-electron chi connectivity index (χ3n) is 3.03. The number of alkyl halides is 3. The van der Waals surface area contributed by atoms with Crippen LogP contribution >= 0.6 is 47.0 Å². The third kappa shape index (κ3) is 6.01. The van der Waals surface area contributed by atoms with Crippen LogP contribution in [-0.4, -0.2) is 21.0 Å². The van der Waals surface area contributed by atoms with E-state index in [4.69, 9.17) is 47.0 Å². The minimum absolute atomic E-state index is 0.122. The zero-order chi connectivity index (χ0) is 18.4. The molecule has 25 heavy (non-hydrogen) atoms. The fourth-order valence-electron chi connectivity index (χ4n) is 1.87. The number of benzene rings is 2. The van der Waals surface area contributed by atoms with Gasteiger partial charge < -0.3 is 16.0 Å². The highest BCUT2D eigenvalue weighted by atomic mass is 35.6. The number of carbonyl (C=O) groups excluding carboxylic acids is 1. The maximum atomic E-state index is 13.7. The second-order valence-electron chi connectivity index (χ2n) is 4.89. The number of rotatable bonds is 4. The van der Waals surface area contributed by atoms with E-state index in [9.17, 15) is 9.18 Å². The molecule has 3 N–H and O–H groups in total. The molecule has 2 aromatic rings. The first-order chi connectivity index (χ1) is 11.8. The molecule has 0 saturated carbocycles. The standard InChI is InChI=1S/C16H13Cl3FN3OS/c17-16(18,19)14(22-13(24)11-8-4-5-9-12(11)20)23-15(25)21-10-6-2-1-3-7-10/h1-9,14H,(H,22,24)(H2,21,23,25)/t14-/m0/s1. The maximum absolute atomic E-state index is 13.7. The molecule has 0 unspecified atom stereocenters. The smallest absolute Gasteiger partial charge is 0.255 e. The fraction of sp³-hybridized carbons (Fsp3) is 0.125. The van der Waals surface area contributed by atoms with E-state index in [1.807, 2.05) is 18.2 Å². The number of nitrogens with one attached hydrogen (secondary N) is 3. The van der Waals surface area contributed by atoms with Crippen molar-refractivity contribution in [1.29, 1.82) is 0 Å². The molecule has 2 aromatic carbocycles. The van der Waals surface area contributed by atoms with Crippen molar-refractivity contribution in [3.8, 4) is 0 Å². The molecular formula is C16H13Cl3FN3OS. The molecule has 0 fully saturated rings. The second-order valence-corrected chi connectivity index (χ2v) is 7.67. The van der Waals surface area contributed by atoms with Crippen molar-refractivity contribution in [2.24, 2.45) is 0 Å². The molecule has 0 saturated heterocycles. The van der Waals surface area contributed by atoms with Crippen LogP contribution in [0.4, 0.5) is 10.1 Å². The van der Waals surface area contributed by atoms with Gasteiger partial charge in [-0.1, -0.05) is 65.1 Å². The summed E-state index contributed by atoms with van der Waals surface area (Å²) < 4.78 is 11.8.